The summed E-state index contributed by atoms with van der Waals surface area (Å²) in [5, 5.41) is 10.7. The summed E-state index contributed by atoms with van der Waals surface area (Å²) in [7, 11) is 0. The zero-order valence-corrected chi connectivity index (χ0v) is 31.4. The molecule has 1 N–H and O–H groups in total. The predicted molar refractivity (Wildman–Crippen MR) is 238 cm³/mol. The third kappa shape index (κ3) is 5.01. The van der Waals surface area contributed by atoms with E-state index in [1.165, 1.54) is 47.5 Å². The zero-order valence-electron chi connectivity index (χ0n) is 30.6. The highest BCUT2D eigenvalue weighted by Gasteiger charge is 2.25. The lowest BCUT2D eigenvalue weighted by atomic mass is 9.97. The topological polar surface area (TPSA) is 54.8 Å². The number of hydrogen-bond acceptors (Lipinski definition) is 5. The van der Waals surface area contributed by atoms with Gasteiger partial charge in [-0.25, -0.2) is 9.98 Å². The third-order valence-corrected chi connectivity index (χ3v) is 12.5. The van der Waals surface area contributed by atoms with Gasteiger partial charge in [0.2, 0.25) is 0 Å². The summed E-state index contributed by atoms with van der Waals surface area (Å²) < 4.78 is 11.7. The van der Waals surface area contributed by atoms with Crippen LogP contribution in [0.2, 0.25) is 0 Å². The van der Waals surface area contributed by atoms with Crippen LogP contribution in [0, 0.1) is 0 Å². The second kappa shape index (κ2) is 12.6. The monoisotopic (exact) mass is 748 g/mol. The Hall–Kier alpha value is -7.28. The van der Waals surface area contributed by atoms with Crippen molar-refractivity contribution in [1.29, 1.82) is 0 Å². The van der Waals surface area contributed by atoms with Gasteiger partial charge in [0.25, 0.3) is 0 Å². The lowest BCUT2D eigenvalue weighted by molar-refractivity contribution is 0.663. The maximum Gasteiger partial charge on any atom is 0.163 e. The molecule has 11 aromatic rings. The Morgan fingerprint density at radius 1 is 0.544 bits per heavy atom. The molecule has 0 aliphatic carbocycles. The Labute approximate surface area is 331 Å². The van der Waals surface area contributed by atoms with Crippen molar-refractivity contribution in [3.05, 3.63) is 199 Å². The first-order valence-corrected chi connectivity index (χ1v) is 20.0. The Balaban J connectivity index is 1.03. The first-order valence-electron chi connectivity index (χ1n) is 19.2. The van der Waals surface area contributed by atoms with Crippen LogP contribution in [-0.4, -0.2) is 16.2 Å². The number of amidine groups is 2. The molecule has 0 amide bonds. The van der Waals surface area contributed by atoms with E-state index in [9.17, 15) is 0 Å². The molecule has 8 aromatic carbocycles. The van der Waals surface area contributed by atoms with Gasteiger partial charge in [0.15, 0.2) is 5.84 Å². The number of para-hydroxylation sites is 3. The molecule has 57 heavy (non-hydrogen) atoms. The van der Waals surface area contributed by atoms with Crippen LogP contribution in [0.3, 0.4) is 0 Å². The Bertz CT molecular complexity index is 3390. The largest absolute Gasteiger partial charge is 0.455 e. The van der Waals surface area contributed by atoms with Gasteiger partial charge in [-0.2, -0.15) is 0 Å². The molecular formula is C51H32N4OS. The highest BCUT2D eigenvalue weighted by Crippen LogP contribution is 2.45. The van der Waals surface area contributed by atoms with Gasteiger partial charge in [0.1, 0.15) is 23.2 Å². The van der Waals surface area contributed by atoms with Crippen molar-refractivity contribution in [3.8, 4) is 16.8 Å². The number of hydrogen-bond donors (Lipinski definition) is 1. The first-order chi connectivity index (χ1) is 28.3. The molecule has 0 spiro atoms. The summed E-state index contributed by atoms with van der Waals surface area (Å²) in [6.45, 7) is 0. The van der Waals surface area contributed by atoms with E-state index < -0.39 is 0 Å². The Morgan fingerprint density at radius 2 is 1.19 bits per heavy atom. The average molecular weight is 749 g/mol. The highest BCUT2D eigenvalue weighted by molar-refractivity contribution is 7.26. The molecule has 268 valence electrons. The molecule has 0 saturated heterocycles. The lowest BCUT2D eigenvalue weighted by Gasteiger charge is -2.23. The molecule has 1 atom stereocenters. The summed E-state index contributed by atoms with van der Waals surface area (Å²) in [5.41, 5.74) is 10.5. The van der Waals surface area contributed by atoms with E-state index in [-0.39, 0.29) is 6.17 Å². The van der Waals surface area contributed by atoms with Crippen LogP contribution >= 0.6 is 11.3 Å². The van der Waals surface area contributed by atoms with Crippen LogP contribution in [0.5, 0.6) is 0 Å². The Kier molecular flexibility index (Phi) is 7.09. The minimum Gasteiger partial charge on any atom is -0.455 e. The molecule has 1 aliphatic rings. The van der Waals surface area contributed by atoms with Crippen LogP contribution in [-0.2, 0) is 0 Å². The molecule has 6 heteroatoms. The van der Waals surface area contributed by atoms with Crippen LogP contribution in [0.15, 0.2) is 196 Å². The highest BCUT2D eigenvalue weighted by atomic mass is 32.1. The van der Waals surface area contributed by atoms with Crippen LogP contribution in [0.25, 0.3) is 80.7 Å². The number of furan rings is 1. The van der Waals surface area contributed by atoms with Crippen molar-refractivity contribution >= 4 is 86.9 Å². The smallest absolute Gasteiger partial charge is 0.163 e. The SMILES string of the molecule is c1ccc(C2=NC(c3cccc4c3oc3cccc(-c5cccc6c5sc5ccc(-n7c8ccccc8c8ccccc87)cc56)c34)=NC(c3ccccc3)N2)cc1. The van der Waals surface area contributed by atoms with Crippen LogP contribution < -0.4 is 5.32 Å². The minimum absolute atomic E-state index is 0.301. The number of fused-ring (bicyclic) bond motifs is 9. The summed E-state index contributed by atoms with van der Waals surface area (Å²) in [6.07, 6.45) is -0.301. The van der Waals surface area contributed by atoms with Crippen molar-refractivity contribution in [2.45, 2.75) is 6.17 Å². The molecule has 3 aromatic heterocycles. The number of benzene rings is 8. The van der Waals surface area contributed by atoms with Gasteiger partial charge in [0, 0.05) is 58.5 Å². The molecule has 1 aliphatic heterocycles. The number of nitrogens with one attached hydrogen (secondary N) is 1. The molecule has 4 heterocycles. The number of nitrogens with zero attached hydrogens (tertiary/aromatic N) is 3. The molecule has 12 rings (SSSR count). The number of aromatic nitrogens is 1. The summed E-state index contributed by atoms with van der Waals surface area (Å²) in [4.78, 5) is 10.3. The minimum atomic E-state index is -0.301. The summed E-state index contributed by atoms with van der Waals surface area (Å²) >= 11 is 1.85. The van der Waals surface area contributed by atoms with Gasteiger partial charge >= 0.3 is 0 Å². The van der Waals surface area contributed by atoms with Gasteiger partial charge in [-0.3, -0.25) is 0 Å². The standard InChI is InChI=1S/C51H32N4OS/c1-3-14-31(15-4-1)49-52-50(32-16-5-2-6-17-32)54-51(53-49)40-24-12-23-39-46-36(20-13-27-44(46)56-47(39)40)37-21-11-22-38-41-30-33(28-29-45(41)57-48(37)38)55-42-25-9-7-18-34(42)35-19-8-10-26-43(35)55/h1-30,49H,(H,52,53,54). The molecular weight excluding hydrogens is 717 g/mol. The molecule has 5 nitrogen and oxygen atoms in total. The van der Waals surface area contributed by atoms with Gasteiger partial charge in [-0.05, 0) is 53.6 Å². The van der Waals surface area contributed by atoms with Gasteiger partial charge < -0.3 is 14.3 Å². The number of aliphatic imine (C=N–C) groups is 2. The van der Waals surface area contributed by atoms with Crippen molar-refractivity contribution in [1.82, 2.24) is 9.88 Å². The quantitative estimate of drug-likeness (QED) is 0.191. The Morgan fingerprint density at radius 3 is 1.98 bits per heavy atom. The van der Waals surface area contributed by atoms with Crippen molar-refractivity contribution < 1.29 is 4.42 Å². The fourth-order valence-electron chi connectivity index (χ4n) is 8.70. The summed E-state index contributed by atoms with van der Waals surface area (Å²) in [6, 6.07) is 64.3. The summed E-state index contributed by atoms with van der Waals surface area (Å²) in [5.74, 6) is 1.42. The molecule has 0 radical (unpaired) electrons. The normalized spacial score (nSPS) is 14.5. The van der Waals surface area contributed by atoms with E-state index in [4.69, 9.17) is 14.4 Å². The molecule has 0 fully saturated rings. The molecule has 1 unspecified atom stereocenters. The van der Waals surface area contributed by atoms with Gasteiger partial charge in [-0.15, -0.1) is 11.3 Å². The van der Waals surface area contributed by atoms with E-state index in [2.05, 4.69) is 155 Å². The van der Waals surface area contributed by atoms with Crippen molar-refractivity contribution in [2.24, 2.45) is 9.98 Å². The maximum absolute atomic E-state index is 6.81. The van der Waals surface area contributed by atoms with E-state index in [1.54, 1.807) is 0 Å². The van der Waals surface area contributed by atoms with E-state index >= 15 is 0 Å². The number of rotatable bonds is 5. The lowest BCUT2D eigenvalue weighted by Crippen LogP contribution is -2.33. The van der Waals surface area contributed by atoms with E-state index in [0.717, 1.165) is 55.7 Å². The van der Waals surface area contributed by atoms with Crippen molar-refractivity contribution in [3.63, 3.8) is 0 Å². The zero-order chi connectivity index (χ0) is 37.5. The average Bonchev–Trinajstić information content (AvgIpc) is 3.96. The van der Waals surface area contributed by atoms with Gasteiger partial charge in [0.05, 0.1) is 16.6 Å². The van der Waals surface area contributed by atoms with Gasteiger partial charge in [-0.1, -0.05) is 140 Å². The number of thiophene rings is 1. The fraction of sp³-hybridized carbons (Fsp3) is 0.0196. The second-order valence-corrected chi connectivity index (χ2v) is 15.6. The molecule has 0 saturated carbocycles. The predicted octanol–water partition coefficient (Wildman–Crippen LogP) is 13.2. The van der Waals surface area contributed by atoms with E-state index in [1.807, 2.05) is 47.7 Å². The maximum atomic E-state index is 6.81. The van der Waals surface area contributed by atoms with Crippen LogP contribution in [0.1, 0.15) is 22.9 Å². The molecule has 0 bridgehead atoms. The van der Waals surface area contributed by atoms with E-state index in [0.29, 0.717) is 5.84 Å². The second-order valence-electron chi connectivity index (χ2n) is 14.5. The van der Waals surface area contributed by atoms with Crippen molar-refractivity contribution in [2.75, 3.05) is 0 Å². The first kappa shape index (κ1) is 32.0. The third-order valence-electron chi connectivity index (χ3n) is 11.3. The fourth-order valence-corrected chi connectivity index (χ4v) is 9.92. The van der Waals surface area contributed by atoms with Crippen LogP contribution in [0.4, 0.5) is 0 Å².